The number of nitrogens with two attached hydrogens (primary N) is 1. The van der Waals surface area contributed by atoms with Crippen LogP contribution in [0, 0.1) is 11.2 Å². The van der Waals surface area contributed by atoms with Crippen LogP contribution in [0.2, 0.25) is 5.02 Å². The van der Waals surface area contributed by atoms with Gasteiger partial charge in [0, 0.05) is 61.0 Å². The van der Waals surface area contributed by atoms with Crippen LogP contribution in [0.3, 0.4) is 0 Å². The number of carbonyl (C=O) groups excluding carboxylic acids is 1. The van der Waals surface area contributed by atoms with Gasteiger partial charge in [0.15, 0.2) is 23.0 Å². The molecule has 190 valence electrons. The highest BCUT2D eigenvalue weighted by atomic mass is 35.5. The fourth-order valence-electron chi connectivity index (χ4n) is 5.82. The minimum Gasteiger partial charge on any atom is -0.381 e. The molecule has 1 aliphatic carbocycles. The van der Waals surface area contributed by atoms with E-state index < -0.39 is 0 Å². The Balaban J connectivity index is 1.16. The van der Waals surface area contributed by atoms with Gasteiger partial charge in [0.1, 0.15) is 0 Å². The molecule has 0 aromatic carbocycles. The Morgan fingerprint density at radius 1 is 1.39 bits per heavy atom. The molecule has 5 heterocycles. The molecular weight excluding hydrogens is 485 g/mol. The maximum Gasteiger partial charge on any atom is 0.272 e. The zero-order chi connectivity index (χ0) is 25.0. The Labute approximate surface area is 213 Å². The van der Waals surface area contributed by atoms with Gasteiger partial charge in [0.2, 0.25) is 0 Å². The number of nitrogens with zero attached hydrogens (tertiary/aromatic N) is 5. The summed E-state index contributed by atoms with van der Waals surface area (Å²) in [5.74, 6) is -0.302. The molecule has 3 unspecified atom stereocenters. The Kier molecular flexibility index (Phi) is 5.85. The summed E-state index contributed by atoms with van der Waals surface area (Å²) in [6.07, 6.45) is 4.54. The highest BCUT2D eigenvalue weighted by Crippen LogP contribution is 2.40. The van der Waals surface area contributed by atoms with E-state index in [-0.39, 0.29) is 34.9 Å². The van der Waals surface area contributed by atoms with E-state index in [0.717, 1.165) is 17.7 Å². The number of anilines is 1. The van der Waals surface area contributed by atoms with E-state index in [9.17, 15) is 4.79 Å². The first-order valence-electron chi connectivity index (χ1n) is 12.5. The molecule has 0 radical (unpaired) electrons. The Morgan fingerprint density at radius 3 is 3.03 bits per heavy atom. The van der Waals surface area contributed by atoms with Crippen LogP contribution in [0.5, 0.6) is 0 Å². The van der Waals surface area contributed by atoms with Gasteiger partial charge >= 0.3 is 0 Å². The second-order valence-corrected chi connectivity index (χ2v) is 10.6. The minimum atomic E-state index is -0.352. The van der Waals surface area contributed by atoms with Crippen LogP contribution < -0.4 is 16.0 Å². The number of hydrogen-bond donors (Lipinski definition) is 2. The number of carbonyl (C=O) groups is 1. The molecule has 0 saturated carbocycles. The largest absolute Gasteiger partial charge is 0.381 e. The smallest absolute Gasteiger partial charge is 0.272 e. The fourth-order valence-corrected chi connectivity index (χ4v) is 6.07. The van der Waals surface area contributed by atoms with Gasteiger partial charge in [-0.1, -0.05) is 11.6 Å². The van der Waals surface area contributed by atoms with Crippen molar-refractivity contribution in [2.75, 3.05) is 31.2 Å². The van der Waals surface area contributed by atoms with Gasteiger partial charge in [0.05, 0.1) is 11.6 Å². The lowest BCUT2D eigenvalue weighted by Gasteiger charge is -2.28. The summed E-state index contributed by atoms with van der Waals surface area (Å²) in [4.78, 5) is 19.6. The van der Waals surface area contributed by atoms with E-state index in [0.29, 0.717) is 74.0 Å². The number of amides is 1. The monoisotopic (exact) mass is 513 g/mol. The SMILES string of the molecule is CCn1cc(Cl)c2cc(C(=O)NC3CCc4nc(N5CC(N)C6(CCOC6)C5)c(F)cc4C3)nnc21. The molecule has 2 aliphatic heterocycles. The van der Waals surface area contributed by atoms with E-state index in [1.807, 2.05) is 16.4 Å². The summed E-state index contributed by atoms with van der Waals surface area (Å²) in [7, 11) is 0. The number of rotatable bonds is 4. The van der Waals surface area contributed by atoms with Crippen molar-refractivity contribution in [3.8, 4) is 0 Å². The maximum absolute atomic E-state index is 15.2. The molecule has 3 N–H and O–H groups in total. The molecule has 11 heteroatoms. The van der Waals surface area contributed by atoms with Crippen molar-refractivity contribution in [3.05, 3.63) is 46.1 Å². The third-order valence-corrected chi connectivity index (χ3v) is 8.25. The topological polar surface area (TPSA) is 111 Å². The molecule has 2 fully saturated rings. The lowest BCUT2D eigenvalue weighted by Crippen LogP contribution is -2.40. The fraction of sp³-hybridized carbons (Fsp3) is 0.520. The molecule has 1 amide bonds. The first-order valence-corrected chi connectivity index (χ1v) is 12.8. The molecule has 3 aromatic heterocycles. The van der Waals surface area contributed by atoms with Gasteiger partial charge in [-0.25, -0.2) is 9.37 Å². The summed E-state index contributed by atoms with van der Waals surface area (Å²) >= 11 is 6.32. The lowest BCUT2D eigenvalue weighted by molar-refractivity contribution is 0.0927. The number of ether oxygens (including phenoxy) is 1. The number of halogens is 2. The molecule has 36 heavy (non-hydrogen) atoms. The number of pyridine rings is 1. The summed E-state index contributed by atoms with van der Waals surface area (Å²) in [5, 5.41) is 12.6. The Morgan fingerprint density at radius 2 is 2.25 bits per heavy atom. The molecule has 3 aromatic rings. The van der Waals surface area contributed by atoms with E-state index in [1.165, 1.54) is 0 Å². The average Bonchev–Trinajstić information content (AvgIpc) is 3.56. The van der Waals surface area contributed by atoms with Crippen molar-refractivity contribution in [1.29, 1.82) is 0 Å². The molecule has 2 saturated heterocycles. The van der Waals surface area contributed by atoms with Crippen molar-refractivity contribution in [2.24, 2.45) is 11.1 Å². The first kappa shape index (κ1) is 23.6. The zero-order valence-corrected chi connectivity index (χ0v) is 20.9. The third-order valence-electron chi connectivity index (χ3n) is 7.95. The number of hydrogen-bond acceptors (Lipinski definition) is 7. The van der Waals surface area contributed by atoms with E-state index in [4.69, 9.17) is 27.1 Å². The number of fused-ring (bicyclic) bond motifs is 2. The van der Waals surface area contributed by atoms with Crippen LogP contribution in [-0.4, -0.2) is 64.0 Å². The highest BCUT2D eigenvalue weighted by Gasteiger charge is 2.48. The maximum atomic E-state index is 15.2. The Hall–Kier alpha value is -2.82. The van der Waals surface area contributed by atoms with Gasteiger partial charge in [0.25, 0.3) is 5.91 Å². The molecule has 3 atom stereocenters. The summed E-state index contributed by atoms with van der Waals surface area (Å²) in [6, 6.07) is 3.02. The van der Waals surface area contributed by atoms with Gasteiger partial charge in [-0.3, -0.25) is 4.79 Å². The summed E-state index contributed by atoms with van der Waals surface area (Å²) in [5.41, 5.74) is 8.85. The Bertz CT molecular complexity index is 1340. The molecule has 9 nitrogen and oxygen atoms in total. The van der Waals surface area contributed by atoms with E-state index >= 15 is 4.39 Å². The lowest BCUT2D eigenvalue weighted by atomic mass is 9.83. The quantitative estimate of drug-likeness (QED) is 0.551. The van der Waals surface area contributed by atoms with E-state index in [2.05, 4.69) is 15.5 Å². The molecule has 0 bridgehead atoms. The van der Waals surface area contributed by atoms with Crippen LogP contribution in [0.1, 0.15) is 41.5 Å². The van der Waals surface area contributed by atoms with Crippen molar-refractivity contribution in [3.63, 3.8) is 0 Å². The van der Waals surface area contributed by atoms with Gasteiger partial charge in [-0.05, 0) is 50.3 Å². The van der Waals surface area contributed by atoms with Crippen LogP contribution >= 0.6 is 11.6 Å². The van der Waals surface area contributed by atoms with Gasteiger partial charge in [-0.15, -0.1) is 10.2 Å². The molecule has 3 aliphatic rings. The second kappa shape index (κ2) is 8.93. The van der Waals surface area contributed by atoms with Crippen LogP contribution in [0.15, 0.2) is 18.3 Å². The highest BCUT2D eigenvalue weighted by molar-refractivity contribution is 6.35. The summed E-state index contributed by atoms with van der Waals surface area (Å²) < 4.78 is 22.7. The molecule has 6 rings (SSSR count). The van der Waals surface area contributed by atoms with Crippen molar-refractivity contribution >= 4 is 34.4 Å². The second-order valence-electron chi connectivity index (χ2n) is 10.2. The number of aryl methyl sites for hydroxylation is 2. The predicted octanol–water partition coefficient (Wildman–Crippen LogP) is 2.48. The van der Waals surface area contributed by atoms with Crippen LogP contribution in [0.4, 0.5) is 10.2 Å². The van der Waals surface area contributed by atoms with Crippen molar-refractivity contribution in [2.45, 2.75) is 51.2 Å². The van der Waals surface area contributed by atoms with E-state index in [1.54, 1.807) is 18.3 Å². The molecular formula is C25H29ClFN7O2. The average molecular weight is 514 g/mol. The standard InChI is InChI=1S/C25H29ClFN7O2/c1-2-33-10-17(26)16-9-20(31-32-22(16)33)24(35)29-15-3-4-19-14(7-15)8-18(27)23(30-19)34-11-21(28)25(12-34)5-6-36-13-25/h8-10,15,21H,2-7,11-13,28H2,1H3,(H,29,35). The van der Waals surface area contributed by atoms with Gasteiger partial charge < -0.3 is 25.3 Å². The van der Waals surface area contributed by atoms with Crippen molar-refractivity contribution in [1.82, 2.24) is 25.1 Å². The first-order chi connectivity index (χ1) is 17.4. The van der Waals surface area contributed by atoms with Crippen molar-refractivity contribution < 1.29 is 13.9 Å². The van der Waals surface area contributed by atoms with Crippen LogP contribution in [0.25, 0.3) is 11.0 Å². The summed E-state index contributed by atoms with van der Waals surface area (Å²) in [6.45, 7) is 5.24. The number of aromatic nitrogens is 4. The predicted molar refractivity (Wildman–Crippen MR) is 134 cm³/mol. The van der Waals surface area contributed by atoms with Crippen LogP contribution in [-0.2, 0) is 24.1 Å². The number of nitrogens with one attached hydrogen (secondary N) is 1. The zero-order valence-electron chi connectivity index (χ0n) is 20.1. The van der Waals surface area contributed by atoms with Gasteiger partial charge in [-0.2, -0.15) is 0 Å². The molecule has 1 spiro atoms. The third kappa shape index (κ3) is 3.91. The normalized spacial score (nSPS) is 25.6. The minimum absolute atomic E-state index is 0.0606.